The van der Waals surface area contributed by atoms with E-state index >= 15 is 0 Å². The minimum Gasteiger partial charge on any atom is -0.466 e. The fraction of sp³-hybridized carbons (Fsp3) is 0.250. The molecule has 5 rings (SSSR count). The number of aromatic nitrogens is 1. The molecule has 0 saturated heterocycles. The number of benzene rings is 3. The smallest absolute Gasteiger partial charge is 0.229 e. The quantitative estimate of drug-likeness (QED) is 0.193. The van der Waals surface area contributed by atoms with Gasteiger partial charge in [0.1, 0.15) is 18.2 Å². The second-order valence-corrected chi connectivity index (χ2v) is 9.22. The van der Waals surface area contributed by atoms with Gasteiger partial charge in [0.25, 0.3) is 0 Å². The molecule has 0 aliphatic heterocycles. The maximum atomic E-state index is 9.35. The average Bonchev–Trinajstić information content (AvgIpc) is 3.30. The fourth-order valence-electron chi connectivity index (χ4n) is 4.68. The molecule has 0 atom stereocenters. The van der Waals surface area contributed by atoms with E-state index in [1.165, 1.54) is 0 Å². The van der Waals surface area contributed by atoms with Crippen LogP contribution in [0.2, 0.25) is 0 Å². The number of hydrogen-bond acceptors (Lipinski definition) is 1. The number of nitrogens with zero attached hydrogens (tertiary/aromatic N) is 2. The van der Waals surface area contributed by atoms with Crippen LogP contribution in [0.3, 0.4) is 0 Å². The van der Waals surface area contributed by atoms with E-state index in [2.05, 4.69) is 4.85 Å². The van der Waals surface area contributed by atoms with Gasteiger partial charge in [-0.1, -0.05) is 68.4 Å². The van der Waals surface area contributed by atoms with Crippen LogP contribution in [0.1, 0.15) is 44.5 Å². The molecule has 5 aromatic rings. The summed E-state index contributed by atoms with van der Waals surface area (Å²) in [5.41, 5.74) is 4.95. The third kappa shape index (κ3) is 3.70. The zero-order chi connectivity index (χ0) is 30.0. The van der Waals surface area contributed by atoms with E-state index in [1.807, 2.05) is 55.5 Å². The van der Waals surface area contributed by atoms with E-state index in [0.717, 1.165) is 27.5 Å². The van der Waals surface area contributed by atoms with Crippen LogP contribution in [0.25, 0.3) is 49.2 Å². The lowest BCUT2D eigenvalue weighted by molar-refractivity contribution is -0.667. The van der Waals surface area contributed by atoms with Crippen molar-refractivity contribution in [1.29, 1.82) is 0 Å². The molecule has 0 aliphatic carbocycles. The van der Waals surface area contributed by atoms with E-state index < -0.39 is 19.1 Å². The van der Waals surface area contributed by atoms with Crippen LogP contribution in [-0.4, -0.2) is 0 Å². The lowest BCUT2D eigenvalue weighted by Gasteiger charge is -2.14. The van der Waals surface area contributed by atoms with Crippen LogP contribution >= 0.6 is 0 Å². The minimum absolute atomic E-state index is 0.127. The Bertz CT molecular complexity index is 1880. The molecule has 0 bridgehead atoms. The summed E-state index contributed by atoms with van der Waals surface area (Å²) in [6.07, 6.45) is -2.08. The number of hydrogen-bond donors (Lipinski definition) is 0. The molecule has 0 fully saturated rings. The molecule has 0 aliphatic rings. The first-order valence-electron chi connectivity index (χ1n) is 14.7. The molecule has 3 aromatic carbocycles. The molecular weight excluding hydrogens is 428 g/mol. The van der Waals surface area contributed by atoms with Crippen molar-refractivity contribution in [3.63, 3.8) is 0 Å². The molecule has 3 heteroatoms. The Morgan fingerprint density at radius 1 is 1.09 bits per heavy atom. The van der Waals surface area contributed by atoms with Crippen molar-refractivity contribution in [2.24, 2.45) is 13.0 Å². The van der Waals surface area contributed by atoms with Crippen LogP contribution in [-0.2, 0) is 13.4 Å². The maximum absolute atomic E-state index is 9.35. The number of fused-ring (bicyclic) bond motifs is 3. The first-order valence-corrected chi connectivity index (χ1v) is 11.7. The normalized spacial score (nSPS) is 14.8. The Morgan fingerprint density at radius 2 is 1.86 bits per heavy atom. The number of rotatable bonds is 4. The van der Waals surface area contributed by atoms with Gasteiger partial charge >= 0.3 is 0 Å². The lowest BCUT2D eigenvalue weighted by atomic mass is 9.93. The van der Waals surface area contributed by atoms with Crippen molar-refractivity contribution in [2.75, 3.05) is 0 Å². The van der Waals surface area contributed by atoms with Crippen LogP contribution in [0.15, 0.2) is 65.1 Å². The number of aryl methyl sites for hydroxylation is 1. The summed E-state index contributed by atoms with van der Waals surface area (Å²) < 4.78 is 60.2. The van der Waals surface area contributed by atoms with Gasteiger partial charge in [-0.2, -0.15) is 4.57 Å². The SMILES string of the molecule is [2H]c1c(C([2H])([2H])C(C)C)c(C([2H])([2H])[2H])c(C)[n+](C)c1-c1c(C)ccc2c1oc1c([N+]#[C-])ccc(-c3ccccc3)c12. The van der Waals surface area contributed by atoms with Crippen molar-refractivity contribution >= 4 is 27.6 Å². The molecule has 3 nitrogen and oxygen atoms in total. The third-order valence-electron chi connectivity index (χ3n) is 6.55. The third-order valence-corrected chi connectivity index (χ3v) is 6.55. The second kappa shape index (κ2) is 8.71. The van der Waals surface area contributed by atoms with Crippen LogP contribution < -0.4 is 4.57 Å². The number of furan rings is 1. The van der Waals surface area contributed by atoms with Gasteiger partial charge in [-0.3, -0.25) is 0 Å². The van der Waals surface area contributed by atoms with Crippen molar-refractivity contribution < 1.29 is 17.2 Å². The standard InChI is InChI=1S/C32H31N2O/c1-19(2)17-24-18-28(34(7)22(5)21(24)4)29-20(3)13-14-26-30-25(23-11-9-8-10-12-23)15-16-27(33-6)32(30)35-31(26)29/h8-16,18-19H,17H2,1-5,7H3/q+1/i4D3,17D2,18D. The molecule has 174 valence electrons. The van der Waals surface area contributed by atoms with Gasteiger partial charge in [-0.05, 0) is 48.3 Å². The molecule has 0 N–H and O–H groups in total. The zero-order valence-electron chi connectivity index (χ0n) is 26.6. The van der Waals surface area contributed by atoms with Gasteiger partial charge < -0.3 is 4.42 Å². The largest absolute Gasteiger partial charge is 0.466 e. The van der Waals surface area contributed by atoms with Crippen LogP contribution in [0, 0.1) is 33.2 Å². The fourth-order valence-corrected chi connectivity index (χ4v) is 4.68. The van der Waals surface area contributed by atoms with Gasteiger partial charge in [0.15, 0.2) is 5.69 Å². The molecule has 0 amide bonds. The molecule has 35 heavy (non-hydrogen) atoms. The summed E-state index contributed by atoms with van der Waals surface area (Å²) in [5.74, 6) is -0.578. The van der Waals surface area contributed by atoms with E-state index in [4.69, 9.17) is 17.8 Å². The molecular formula is C32H31N2O+. The summed E-state index contributed by atoms with van der Waals surface area (Å²) in [6, 6.07) is 17.2. The molecule has 2 aromatic heterocycles. The van der Waals surface area contributed by atoms with E-state index in [1.54, 1.807) is 38.5 Å². The van der Waals surface area contributed by atoms with Gasteiger partial charge in [0.05, 0.1) is 13.5 Å². The topological polar surface area (TPSA) is 21.4 Å². The Balaban J connectivity index is 1.98. The van der Waals surface area contributed by atoms with Crippen LogP contribution in [0.5, 0.6) is 0 Å². The predicted octanol–water partition coefficient (Wildman–Crippen LogP) is 8.42. The highest BCUT2D eigenvalue weighted by Crippen LogP contribution is 2.44. The summed E-state index contributed by atoms with van der Waals surface area (Å²) in [5, 5.41) is 1.54. The van der Waals surface area contributed by atoms with Crippen molar-refractivity contribution in [1.82, 2.24) is 0 Å². The molecule has 0 unspecified atom stereocenters. The van der Waals surface area contributed by atoms with Gasteiger partial charge in [0, 0.05) is 36.2 Å². The monoisotopic (exact) mass is 465 g/mol. The van der Waals surface area contributed by atoms with E-state index in [9.17, 15) is 1.37 Å². The summed E-state index contributed by atoms with van der Waals surface area (Å²) in [4.78, 5) is 3.71. The summed E-state index contributed by atoms with van der Waals surface area (Å²) in [6.45, 7) is 12.1. The first-order chi connectivity index (χ1) is 19.2. The highest BCUT2D eigenvalue weighted by Gasteiger charge is 2.26. The van der Waals surface area contributed by atoms with Gasteiger partial charge in [0.2, 0.25) is 11.4 Å². The van der Waals surface area contributed by atoms with Crippen LogP contribution in [0.4, 0.5) is 5.69 Å². The Labute approximate surface area is 215 Å². The molecule has 0 saturated carbocycles. The van der Waals surface area contributed by atoms with Gasteiger partial charge in [-0.15, -0.1) is 0 Å². The zero-order valence-corrected chi connectivity index (χ0v) is 20.6. The van der Waals surface area contributed by atoms with E-state index in [-0.39, 0.29) is 17.2 Å². The van der Waals surface area contributed by atoms with Crippen molar-refractivity contribution in [2.45, 2.75) is 40.9 Å². The molecule has 0 radical (unpaired) electrons. The first kappa shape index (κ1) is 16.7. The molecule has 0 spiro atoms. The lowest BCUT2D eigenvalue weighted by Crippen LogP contribution is -2.36. The second-order valence-electron chi connectivity index (χ2n) is 9.22. The Hall–Kier alpha value is -3.90. The van der Waals surface area contributed by atoms with Gasteiger partial charge in [-0.25, -0.2) is 4.85 Å². The van der Waals surface area contributed by atoms with E-state index in [0.29, 0.717) is 33.8 Å². The average molecular weight is 466 g/mol. The molecule has 2 heterocycles. The maximum Gasteiger partial charge on any atom is 0.229 e. The minimum atomic E-state index is -2.62. The van der Waals surface area contributed by atoms with Crippen molar-refractivity contribution in [3.05, 3.63) is 94.4 Å². The Kier molecular flexibility index (Phi) is 4.15. The number of pyridine rings is 1. The summed E-state index contributed by atoms with van der Waals surface area (Å²) in [7, 11) is 1.70. The predicted molar refractivity (Wildman–Crippen MR) is 145 cm³/mol. The van der Waals surface area contributed by atoms with Crippen molar-refractivity contribution in [3.8, 4) is 22.4 Å². The highest BCUT2D eigenvalue weighted by molar-refractivity contribution is 6.18. The summed E-state index contributed by atoms with van der Waals surface area (Å²) >= 11 is 0. The highest BCUT2D eigenvalue weighted by atomic mass is 16.3. The Morgan fingerprint density at radius 3 is 2.54 bits per heavy atom.